The fraction of sp³-hybridized carbons (Fsp3) is 0.556. The van der Waals surface area contributed by atoms with E-state index in [4.69, 9.17) is 9.47 Å². The van der Waals surface area contributed by atoms with Crippen molar-refractivity contribution in [3.05, 3.63) is 29.3 Å². The zero-order chi connectivity index (χ0) is 17.5. The molecule has 6 nitrogen and oxygen atoms in total. The quantitative estimate of drug-likeness (QED) is 0.779. The summed E-state index contributed by atoms with van der Waals surface area (Å²) in [5.74, 6) is -0.567. The summed E-state index contributed by atoms with van der Waals surface area (Å²) in [6.07, 6.45) is 1.93. The maximum Gasteiger partial charge on any atom is 0.309 e. The molecule has 0 radical (unpaired) electrons. The van der Waals surface area contributed by atoms with E-state index < -0.39 is 11.8 Å². The van der Waals surface area contributed by atoms with Gasteiger partial charge in [0, 0.05) is 18.7 Å². The number of benzene rings is 1. The molecular formula is C18H26N2O4. The van der Waals surface area contributed by atoms with Crippen molar-refractivity contribution in [3.63, 3.8) is 0 Å². The van der Waals surface area contributed by atoms with E-state index in [2.05, 4.69) is 10.6 Å². The molecule has 0 saturated carbocycles. The van der Waals surface area contributed by atoms with Gasteiger partial charge in [0.05, 0.1) is 18.8 Å². The van der Waals surface area contributed by atoms with E-state index in [1.165, 1.54) is 0 Å². The number of nitrogens with one attached hydrogen (secondary N) is 2. The van der Waals surface area contributed by atoms with Gasteiger partial charge in [0.15, 0.2) is 0 Å². The van der Waals surface area contributed by atoms with Gasteiger partial charge in [-0.3, -0.25) is 9.59 Å². The summed E-state index contributed by atoms with van der Waals surface area (Å²) in [5, 5.41) is 5.35. The summed E-state index contributed by atoms with van der Waals surface area (Å²) >= 11 is 0. The predicted molar refractivity (Wildman–Crippen MR) is 90.9 cm³/mol. The van der Waals surface area contributed by atoms with Crippen molar-refractivity contribution in [1.82, 2.24) is 10.6 Å². The van der Waals surface area contributed by atoms with Crippen molar-refractivity contribution in [2.75, 3.05) is 19.8 Å². The molecule has 0 spiro atoms. The summed E-state index contributed by atoms with van der Waals surface area (Å²) < 4.78 is 11.0. The molecule has 6 heteroatoms. The smallest absolute Gasteiger partial charge is 0.309 e. The van der Waals surface area contributed by atoms with E-state index in [9.17, 15) is 9.59 Å². The van der Waals surface area contributed by atoms with Gasteiger partial charge in [-0.15, -0.1) is 0 Å². The molecule has 0 bridgehead atoms. The summed E-state index contributed by atoms with van der Waals surface area (Å²) in [5.41, 5.74) is 1.93. The highest BCUT2D eigenvalue weighted by atomic mass is 16.5. The van der Waals surface area contributed by atoms with Crippen LogP contribution in [0.5, 0.6) is 5.75 Å². The van der Waals surface area contributed by atoms with Crippen LogP contribution in [0.4, 0.5) is 0 Å². The van der Waals surface area contributed by atoms with Gasteiger partial charge in [-0.1, -0.05) is 17.7 Å². The summed E-state index contributed by atoms with van der Waals surface area (Å²) in [7, 11) is 0. The molecule has 2 N–H and O–H groups in total. The third-order valence-electron chi connectivity index (χ3n) is 4.00. The lowest BCUT2D eigenvalue weighted by Crippen LogP contribution is -2.43. The maximum absolute atomic E-state index is 12.1. The fourth-order valence-electron chi connectivity index (χ4n) is 2.73. The monoisotopic (exact) mass is 334 g/mol. The third kappa shape index (κ3) is 4.96. The molecule has 24 heavy (non-hydrogen) atoms. The molecule has 2 atom stereocenters. The molecule has 0 aromatic heterocycles. The minimum Gasteiger partial charge on any atom is -0.494 e. The van der Waals surface area contributed by atoms with Gasteiger partial charge in [0.1, 0.15) is 5.75 Å². The maximum atomic E-state index is 12.1. The Morgan fingerprint density at radius 1 is 1.38 bits per heavy atom. The van der Waals surface area contributed by atoms with E-state index in [-0.39, 0.29) is 12.1 Å². The number of carbonyl (C=O) groups is 2. The van der Waals surface area contributed by atoms with Crippen LogP contribution in [0.25, 0.3) is 0 Å². The van der Waals surface area contributed by atoms with Crippen LogP contribution in [0, 0.1) is 6.92 Å². The van der Waals surface area contributed by atoms with Gasteiger partial charge < -0.3 is 20.1 Å². The Balaban J connectivity index is 1.92. The molecule has 2 rings (SSSR count). The number of rotatable bonds is 6. The average Bonchev–Trinajstić information content (AvgIpc) is 3.07. The van der Waals surface area contributed by atoms with Crippen molar-refractivity contribution in [2.24, 2.45) is 0 Å². The van der Waals surface area contributed by atoms with E-state index in [0.29, 0.717) is 13.2 Å². The Bertz CT molecular complexity index is 582. The predicted octanol–water partition coefficient (Wildman–Crippen LogP) is 1.87. The molecular weight excluding hydrogens is 308 g/mol. The van der Waals surface area contributed by atoms with Crippen LogP contribution in [-0.2, 0) is 14.3 Å². The Morgan fingerprint density at radius 2 is 2.17 bits per heavy atom. The molecule has 132 valence electrons. The second-order valence-corrected chi connectivity index (χ2v) is 6.01. The molecule has 1 heterocycles. The van der Waals surface area contributed by atoms with Crippen LogP contribution in [-0.4, -0.2) is 37.7 Å². The number of amides is 2. The van der Waals surface area contributed by atoms with Crippen molar-refractivity contribution in [1.29, 1.82) is 0 Å². The second-order valence-electron chi connectivity index (χ2n) is 6.01. The third-order valence-corrected chi connectivity index (χ3v) is 4.00. The number of hydrogen-bond donors (Lipinski definition) is 2. The van der Waals surface area contributed by atoms with Crippen LogP contribution in [0.15, 0.2) is 18.2 Å². The van der Waals surface area contributed by atoms with Crippen LogP contribution in [0.1, 0.15) is 43.9 Å². The second kappa shape index (κ2) is 8.68. The Labute approximate surface area is 142 Å². The Morgan fingerprint density at radius 3 is 2.83 bits per heavy atom. The minimum atomic E-state index is -0.649. The molecule has 1 aliphatic heterocycles. The van der Waals surface area contributed by atoms with Gasteiger partial charge in [-0.2, -0.15) is 0 Å². The van der Waals surface area contributed by atoms with E-state index in [0.717, 1.165) is 36.3 Å². The van der Waals surface area contributed by atoms with Gasteiger partial charge in [-0.05, 0) is 39.7 Å². The molecule has 2 amide bonds. The van der Waals surface area contributed by atoms with Crippen LogP contribution < -0.4 is 15.4 Å². The Kier molecular flexibility index (Phi) is 6.61. The minimum absolute atomic E-state index is 0.0144. The number of ether oxygens (including phenoxy) is 2. The lowest BCUT2D eigenvalue weighted by atomic mass is 10.0. The molecule has 2 unspecified atom stereocenters. The summed E-state index contributed by atoms with van der Waals surface area (Å²) in [6.45, 7) is 7.35. The van der Waals surface area contributed by atoms with Crippen LogP contribution >= 0.6 is 0 Å². The van der Waals surface area contributed by atoms with Crippen molar-refractivity contribution in [2.45, 2.75) is 45.8 Å². The van der Waals surface area contributed by atoms with Crippen molar-refractivity contribution in [3.8, 4) is 5.75 Å². The van der Waals surface area contributed by atoms with Crippen molar-refractivity contribution < 1.29 is 19.1 Å². The lowest BCUT2D eigenvalue weighted by Gasteiger charge is -2.19. The SMILES string of the molecule is CCOc1ccc(C)cc1C(C)NC(=O)C(=O)NCC1CCCO1. The first-order valence-corrected chi connectivity index (χ1v) is 8.45. The highest BCUT2D eigenvalue weighted by Crippen LogP contribution is 2.26. The molecule has 1 fully saturated rings. The van der Waals surface area contributed by atoms with Crippen LogP contribution in [0.3, 0.4) is 0 Å². The number of hydrogen-bond acceptors (Lipinski definition) is 4. The molecule has 1 aromatic carbocycles. The first-order valence-electron chi connectivity index (χ1n) is 8.45. The Hall–Kier alpha value is -2.08. The summed E-state index contributed by atoms with van der Waals surface area (Å²) in [6, 6.07) is 5.47. The van der Waals surface area contributed by atoms with E-state index in [1.54, 1.807) is 0 Å². The average molecular weight is 334 g/mol. The molecule has 1 saturated heterocycles. The largest absolute Gasteiger partial charge is 0.494 e. The number of carbonyl (C=O) groups excluding carboxylic acids is 2. The van der Waals surface area contributed by atoms with Gasteiger partial charge in [-0.25, -0.2) is 0 Å². The first-order chi connectivity index (χ1) is 11.5. The highest BCUT2D eigenvalue weighted by Gasteiger charge is 2.21. The molecule has 1 aromatic rings. The standard InChI is InChI=1S/C18H26N2O4/c1-4-23-16-8-7-12(2)10-15(16)13(3)20-18(22)17(21)19-11-14-6-5-9-24-14/h7-8,10,13-14H,4-6,9,11H2,1-3H3,(H,19,21)(H,20,22). The van der Waals surface area contributed by atoms with E-state index >= 15 is 0 Å². The zero-order valence-corrected chi connectivity index (χ0v) is 14.6. The molecule has 1 aliphatic rings. The van der Waals surface area contributed by atoms with Gasteiger partial charge >= 0.3 is 11.8 Å². The highest BCUT2D eigenvalue weighted by molar-refractivity contribution is 6.35. The normalized spacial score (nSPS) is 18.0. The fourth-order valence-corrected chi connectivity index (χ4v) is 2.73. The van der Waals surface area contributed by atoms with Gasteiger partial charge in [0.2, 0.25) is 0 Å². The molecule has 0 aliphatic carbocycles. The van der Waals surface area contributed by atoms with Crippen LogP contribution in [0.2, 0.25) is 0 Å². The lowest BCUT2D eigenvalue weighted by molar-refractivity contribution is -0.139. The van der Waals surface area contributed by atoms with Gasteiger partial charge in [0.25, 0.3) is 0 Å². The topological polar surface area (TPSA) is 76.7 Å². The zero-order valence-electron chi connectivity index (χ0n) is 14.6. The summed E-state index contributed by atoms with van der Waals surface area (Å²) in [4.78, 5) is 24.0. The number of aryl methyl sites for hydroxylation is 1. The van der Waals surface area contributed by atoms with Crippen molar-refractivity contribution >= 4 is 11.8 Å². The van der Waals surface area contributed by atoms with E-state index in [1.807, 2.05) is 39.0 Å². The first kappa shape index (κ1) is 18.3.